The molecular formula is C18H28N2. The predicted molar refractivity (Wildman–Crippen MR) is 84.6 cm³/mol. The van der Waals surface area contributed by atoms with Gasteiger partial charge in [0.1, 0.15) is 0 Å². The lowest BCUT2D eigenvalue weighted by Gasteiger charge is -2.37. The van der Waals surface area contributed by atoms with E-state index in [0.717, 1.165) is 18.4 Å². The molecule has 2 unspecified atom stereocenters. The monoisotopic (exact) mass is 272 g/mol. The maximum Gasteiger partial charge on any atom is 0.0171 e. The van der Waals surface area contributed by atoms with Gasteiger partial charge in [0.2, 0.25) is 0 Å². The van der Waals surface area contributed by atoms with Gasteiger partial charge >= 0.3 is 0 Å². The minimum atomic E-state index is 0.374. The third-order valence-corrected chi connectivity index (χ3v) is 5.00. The van der Waals surface area contributed by atoms with Crippen molar-refractivity contribution in [2.24, 2.45) is 17.6 Å². The minimum absolute atomic E-state index is 0.374. The highest BCUT2D eigenvalue weighted by atomic mass is 15.2. The molecule has 1 saturated heterocycles. The van der Waals surface area contributed by atoms with Crippen LogP contribution in [0, 0.1) is 11.8 Å². The summed E-state index contributed by atoms with van der Waals surface area (Å²) in [6.45, 7) is 3.65. The van der Waals surface area contributed by atoms with E-state index in [1.807, 2.05) is 0 Å². The van der Waals surface area contributed by atoms with Gasteiger partial charge in [-0.3, -0.25) is 0 Å². The largest absolute Gasteiger partial charge is 0.327 e. The quantitative estimate of drug-likeness (QED) is 0.912. The molecule has 0 radical (unpaired) electrons. The van der Waals surface area contributed by atoms with E-state index < -0.39 is 0 Å². The predicted octanol–water partition coefficient (Wildman–Crippen LogP) is 3.07. The SMILES string of the molecule is NC1CC(Cc2ccccc2)CN(CC2CCCC2)C1. The Morgan fingerprint density at radius 1 is 1.00 bits per heavy atom. The summed E-state index contributed by atoms with van der Waals surface area (Å²) >= 11 is 0. The molecule has 2 nitrogen and oxygen atoms in total. The molecule has 0 bridgehead atoms. The second kappa shape index (κ2) is 6.73. The van der Waals surface area contributed by atoms with Gasteiger partial charge in [0.15, 0.2) is 0 Å². The Morgan fingerprint density at radius 2 is 1.75 bits per heavy atom. The summed E-state index contributed by atoms with van der Waals surface area (Å²) in [7, 11) is 0. The Labute approximate surface area is 123 Å². The fraction of sp³-hybridized carbons (Fsp3) is 0.667. The number of likely N-dealkylation sites (tertiary alicyclic amines) is 1. The molecule has 1 heterocycles. The zero-order valence-corrected chi connectivity index (χ0v) is 12.5. The normalized spacial score (nSPS) is 28.9. The van der Waals surface area contributed by atoms with E-state index >= 15 is 0 Å². The molecule has 3 rings (SSSR count). The number of piperidine rings is 1. The van der Waals surface area contributed by atoms with Crippen LogP contribution < -0.4 is 5.73 Å². The summed E-state index contributed by atoms with van der Waals surface area (Å²) < 4.78 is 0. The van der Waals surface area contributed by atoms with Crippen LogP contribution in [0.2, 0.25) is 0 Å². The summed E-state index contributed by atoms with van der Waals surface area (Å²) in [6.07, 6.45) is 8.14. The Balaban J connectivity index is 1.55. The topological polar surface area (TPSA) is 29.3 Å². The van der Waals surface area contributed by atoms with Crippen molar-refractivity contribution in [3.63, 3.8) is 0 Å². The van der Waals surface area contributed by atoms with Crippen LogP contribution in [-0.4, -0.2) is 30.6 Å². The van der Waals surface area contributed by atoms with Gasteiger partial charge in [-0.15, -0.1) is 0 Å². The first-order chi connectivity index (χ1) is 9.79. The molecule has 2 heteroatoms. The number of benzene rings is 1. The van der Waals surface area contributed by atoms with Crippen LogP contribution in [-0.2, 0) is 6.42 Å². The third kappa shape index (κ3) is 3.83. The number of rotatable bonds is 4. The highest BCUT2D eigenvalue weighted by Crippen LogP contribution is 2.28. The second-order valence-electron chi connectivity index (χ2n) is 6.92. The first kappa shape index (κ1) is 14.1. The van der Waals surface area contributed by atoms with E-state index in [0.29, 0.717) is 6.04 Å². The highest BCUT2D eigenvalue weighted by Gasteiger charge is 2.27. The van der Waals surface area contributed by atoms with Crippen molar-refractivity contribution in [2.75, 3.05) is 19.6 Å². The molecule has 1 aliphatic carbocycles. The van der Waals surface area contributed by atoms with E-state index in [-0.39, 0.29) is 0 Å². The second-order valence-corrected chi connectivity index (χ2v) is 6.92. The van der Waals surface area contributed by atoms with Crippen LogP contribution in [0.1, 0.15) is 37.7 Å². The van der Waals surface area contributed by atoms with Gasteiger partial charge in [-0.1, -0.05) is 43.2 Å². The van der Waals surface area contributed by atoms with Gasteiger partial charge in [-0.05, 0) is 43.1 Å². The Morgan fingerprint density at radius 3 is 2.50 bits per heavy atom. The summed E-state index contributed by atoms with van der Waals surface area (Å²) in [5.74, 6) is 1.68. The summed E-state index contributed by atoms with van der Waals surface area (Å²) in [6, 6.07) is 11.3. The lowest BCUT2D eigenvalue weighted by Crippen LogP contribution is -2.48. The smallest absolute Gasteiger partial charge is 0.0171 e. The molecule has 1 saturated carbocycles. The fourth-order valence-corrected chi connectivity index (χ4v) is 4.15. The van der Waals surface area contributed by atoms with E-state index in [9.17, 15) is 0 Å². The van der Waals surface area contributed by atoms with Crippen molar-refractivity contribution in [1.82, 2.24) is 4.90 Å². The third-order valence-electron chi connectivity index (χ3n) is 5.00. The van der Waals surface area contributed by atoms with Crippen LogP contribution >= 0.6 is 0 Å². The van der Waals surface area contributed by atoms with Crippen molar-refractivity contribution >= 4 is 0 Å². The molecule has 0 amide bonds. The first-order valence-electron chi connectivity index (χ1n) is 8.31. The van der Waals surface area contributed by atoms with Crippen LogP contribution in [0.25, 0.3) is 0 Å². The van der Waals surface area contributed by atoms with Crippen LogP contribution in [0.15, 0.2) is 30.3 Å². The molecule has 1 aromatic carbocycles. The van der Waals surface area contributed by atoms with Crippen molar-refractivity contribution in [3.8, 4) is 0 Å². The minimum Gasteiger partial charge on any atom is -0.327 e. The molecule has 2 atom stereocenters. The molecule has 1 aliphatic heterocycles. The molecular weight excluding hydrogens is 244 g/mol. The van der Waals surface area contributed by atoms with Gasteiger partial charge in [0, 0.05) is 25.7 Å². The molecule has 2 fully saturated rings. The van der Waals surface area contributed by atoms with Gasteiger partial charge in [-0.25, -0.2) is 0 Å². The van der Waals surface area contributed by atoms with E-state index in [4.69, 9.17) is 5.73 Å². The maximum atomic E-state index is 6.30. The highest BCUT2D eigenvalue weighted by molar-refractivity contribution is 5.15. The summed E-state index contributed by atoms with van der Waals surface area (Å²) in [5.41, 5.74) is 7.77. The Kier molecular flexibility index (Phi) is 4.74. The molecule has 20 heavy (non-hydrogen) atoms. The molecule has 2 aliphatic rings. The van der Waals surface area contributed by atoms with Gasteiger partial charge in [0.25, 0.3) is 0 Å². The first-order valence-corrected chi connectivity index (χ1v) is 8.31. The van der Waals surface area contributed by atoms with Crippen LogP contribution in [0.3, 0.4) is 0 Å². The van der Waals surface area contributed by atoms with Crippen molar-refractivity contribution in [3.05, 3.63) is 35.9 Å². The van der Waals surface area contributed by atoms with Gasteiger partial charge in [-0.2, -0.15) is 0 Å². The van der Waals surface area contributed by atoms with Crippen molar-refractivity contribution in [2.45, 2.75) is 44.6 Å². The zero-order chi connectivity index (χ0) is 13.8. The number of nitrogens with two attached hydrogens (primary N) is 1. The van der Waals surface area contributed by atoms with Gasteiger partial charge < -0.3 is 10.6 Å². The number of hydrogen-bond donors (Lipinski definition) is 1. The average Bonchev–Trinajstić information content (AvgIpc) is 2.92. The lowest BCUT2D eigenvalue weighted by molar-refractivity contribution is 0.136. The van der Waals surface area contributed by atoms with Crippen molar-refractivity contribution in [1.29, 1.82) is 0 Å². The average molecular weight is 272 g/mol. The molecule has 2 N–H and O–H groups in total. The van der Waals surface area contributed by atoms with Gasteiger partial charge in [0.05, 0.1) is 0 Å². The van der Waals surface area contributed by atoms with Crippen LogP contribution in [0.4, 0.5) is 0 Å². The van der Waals surface area contributed by atoms with Crippen molar-refractivity contribution < 1.29 is 0 Å². The fourth-order valence-electron chi connectivity index (χ4n) is 4.15. The standard InChI is InChI=1S/C18H28N2/c19-18-11-17(10-15-6-2-1-3-7-15)13-20(14-18)12-16-8-4-5-9-16/h1-3,6-7,16-18H,4-5,8-14,19H2. The Bertz CT molecular complexity index is 397. The van der Waals surface area contributed by atoms with E-state index in [1.54, 1.807) is 0 Å². The summed E-state index contributed by atoms with van der Waals surface area (Å²) in [4.78, 5) is 2.65. The molecule has 0 spiro atoms. The van der Waals surface area contributed by atoms with Crippen LogP contribution in [0.5, 0.6) is 0 Å². The maximum absolute atomic E-state index is 6.30. The number of hydrogen-bond acceptors (Lipinski definition) is 2. The zero-order valence-electron chi connectivity index (χ0n) is 12.5. The number of nitrogens with zero attached hydrogens (tertiary/aromatic N) is 1. The van der Waals surface area contributed by atoms with E-state index in [2.05, 4.69) is 35.2 Å². The Hall–Kier alpha value is -0.860. The summed E-state index contributed by atoms with van der Waals surface area (Å²) in [5, 5.41) is 0. The molecule has 0 aromatic heterocycles. The lowest BCUT2D eigenvalue weighted by atomic mass is 9.88. The molecule has 1 aromatic rings. The molecule has 110 valence electrons. The van der Waals surface area contributed by atoms with E-state index in [1.165, 1.54) is 57.2 Å².